The first-order valence-electron chi connectivity index (χ1n) is 12.8. The molecule has 0 amide bonds. The average molecular weight is 413 g/mol. The molecule has 0 saturated heterocycles. The van der Waals surface area contributed by atoms with Crippen LogP contribution < -0.4 is 0 Å². The molecular formula is C27H40O3. The molecule has 0 spiro atoms. The van der Waals surface area contributed by atoms with Gasteiger partial charge in [0.2, 0.25) is 0 Å². The van der Waals surface area contributed by atoms with E-state index in [2.05, 4.69) is 6.92 Å². The lowest BCUT2D eigenvalue weighted by atomic mass is 9.47. The van der Waals surface area contributed by atoms with Crippen LogP contribution in [0.2, 0.25) is 0 Å². The highest BCUT2D eigenvalue weighted by Gasteiger charge is 2.60. The number of carbonyl (C=O) groups excluding carboxylic acids is 2. The van der Waals surface area contributed by atoms with Gasteiger partial charge in [-0.1, -0.05) is 12.5 Å². The van der Waals surface area contributed by atoms with Gasteiger partial charge < -0.3 is 5.11 Å². The Morgan fingerprint density at radius 3 is 2.50 bits per heavy atom. The molecule has 5 aliphatic rings. The van der Waals surface area contributed by atoms with Crippen molar-refractivity contribution >= 4 is 11.6 Å². The molecule has 0 aromatic rings. The van der Waals surface area contributed by atoms with Crippen LogP contribution in [0.1, 0.15) is 90.9 Å². The normalized spacial score (nSPS) is 48.8. The van der Waals surface area contributed by atoms with E-state index in [-0.39, 0.29) is 17.4 Å². The summed E-state index contributed by atoms with van der Waals surface area (Å²) in [5, 5.41) is 11.0. The van der Waals surface area contributed by atoms with Crippen molar-refractivity contribution in [1.29, 1.82) is 0 Å². The lowest BCUT2D eigenvalue weighted by molar-refractivity contribution is -0.124. The SMILES string of the molecule is CC(=O)C1CCC([C@H]2C[C@@]3(C)C(CC[C@@H]3O)C3CCC4=CC(=O)CCCC4C32)CC1. The summed E-state index contributed by atoms with van der Waals surface area (Å²) in [7, 11) is 0. The maximum absolute atomic E-state index is 12.3. The third-order valence-corrected chi connectivity index (χ3v) is 10.5. The maximum Gasteiger partial charge on any atom is 0.155 e. The summed E-state index contributed by atoms with van der Waals surface area (Å²) in [4.78, 5) is 24.3. The van der Waals surface area contributed by atoms with Gasteiger partial charge in [0.1, 0.15) is 5.78 Å². The van der Waals surface area contributed by atoms with Crippen LogP contribution in [0.5, 0.6) is 0 Å². The molecule has 1 N–H and O–H groups in total. The largest absolute Gasteiger partial charge is 0.393 e. The van der Waals surface area contributed by atoms with Gasteiger partial charge in [0.15, 0.2) is 5.78 Å². The number of Topliss-reactive ketones (excluding diaryl/α,β-unsaturated/α-hetero) is 1. The Bertz CT molecular complexity index is 730. The van der Waals surface area contributed by atoms with Crippen molar-refractivity contribution in [2.45, 2.75) is 97.0 Å². The zero-order chi connectivity index (χ0) is 21.0. The minimum Gasteiger partial charge on any atom is -0.393 e. The van der Waals surface area contributed by atoms with Crippen molar-refractivity contribution in [2.75, 3.05) is 0 Å². The number of ketones is 2. The molecule has 7 atom stereocenters. The second kappa shape index (κ2) is 7.87. The smallest absolute Gasteiger partial charge is 0.155 e. The van der Waals surface area contributed by atoms with Crippen molar-refractivity contribution in [1.82, 2.24) is 0 Å². The first-order chi connectivity index (χ1) is 14.4. The molecule has 166 valence electrons. The van der Waals surface area contributed by atoms with Crippen LogP contribution >= 0.6 is 0 Å². The third-order valence-electron chi connectivity index (χ3n) is 10.5. The van der Waals surface area contributed by atoms with Gasteiger partial charge in [-0.3, -0.25) is 9.59 Å². The lowest BCUT2D eigenvalue weighted by Crippen LogP contribution is -2.53. The Morgan fingerprint density at radius 1 is 1.00 bits per heavy atom. The highest BCUT2D eigenvalue weighted by atomic mass is 16.3. The van der Waals surface area contributed by atoms with Crippen molar-refractivity contribution in [3.63, 3.8) is 0 Å². The van der Waals surface area contributed by atoms with Gasteiger partial charge in [-0.15, -0.1) is 0 Å². The fraction of sp³-hybridized carbons (Fsp3) is 0.852. The molecule has 30 heavy (non-hydrogen) atoms. The van der Waals surface area contributed by atoms with E-state index in [0.717, 1.165) is 44.9 Å². The molecule has 5 aliphatic carbocycles. The van der Waals surface area contributed by atoms with Crippen molar-refractivity contribution in [3.8, 4) is 0 Å². The van der Waals surface area contributed by atoms with Crippen LogP contribution in [0.15, 0.2) is 11.6 Å². The number of aliphatic hydroxyl groups excluding tert-OH is 1. The summed E-state index contributed by atoms with van der Waals surface area (Å²) in [5.74, 6) is 5.00. The third kappa shape index (κ3) is 3.34. The van der Waals surface area contributed by atoms with E-state index in [9.17, 15) is 14.7 Å². The highest BCUT2D eigenvalue weighted by molar-refractivity contribution is 5.90. The number of aliphatic hydroxyl groups is 1. The van der Waals surface area contributed by atoms with Gasteiger partial charge in [0.05, 0.1) is 6.10 Å². The molecule has 4 saturated carbocycles. The van der Waals surface area contributed by atoms with Gasteiger partial charge >= 0.3 is 0 Å². The first-order valence-corrected chi connectivity index (χ1v) is 12.8. The Hall–Kier alpha value is -0.960. The van der Waals surface area contributed by atoms with Crippen LogP contribution in [0.4, 0.5) is 0 Å². The van der Waals surface area contributed by atoms with E-state index in [0.29, 0.717) is 47.1 Å². The summed E-state index contributed by atoms with van der Waals surface area (Å²) < 4.78 is 0. The van der Waals surface area contributed by atoms with Gasteiger partial charge in [-0.25, -0.2) is 0 Å². The summed E-state index contributed by atoms with van der Waals surface area (Å²) in [6, 6.07) is 0. The van der Waals surface area contributed by atoms with Crippen LogP contribution in [0.25, 0.3) is 0 Å². The Balaban J connectivity index is 1.48. The van der Waals surface area contributed by atoms with E-state index < -0.39 is 0 Å². The minimum absolute atomic E-state index is 0.0744. The number of hydrogen-bond acceptors (Lipinski definition) is 3. The number of hydrogen-bond donors (Lipinski definition) is 1. The predicted molar refractivity (Wildman–Crippen MR) is 118 cm³/mol. The summed E-state index contributed by atoms with van der Waals surface area (Å²) in [6.45, 7) is 4.16. The van der Waals surface area contributed by atoms with Gasteiger partial charge in [-0.05, 0) is 125 Å². The maximum atomic E-state index is 12.3. The molecular weight excluding hydrogens is 372 g/mol. The highest BCUT2D eigenvalue weighted by Crippen LogP contribution is 2.65. The Kier molecular flexibility index (Phi) is 5.49. The van der Waals surface area contributed by atoms with E-state index in [1.165, 1.54) is 37.7 Å². The zero-order valence-electron chi connectivity index (χ0n) is 18.9. The molecule has 0 aliphatic heterocycles. The van der Waals surface area contributed by atoms with Crippen LogP contribution in [0.3, 0.4) is 0 Å². The number of carbonyl (C=O) groups is 2. The predicted octanol–water partition coefficient (Wildman–Crippen LogP) is 5.50. The molecule has 3 heteroatoms. The average Bonchev–Trinajstić information content (AvgIpc) is 2.90. The molecule has 0 aromatic heterocycles. The molecule has 0 bridgehead atoms. The topological polar surface area (TPSA) is 54.4 Å². The van der Waals surface area contributed by atoms with Crippen molar-refractivity contribution in [3.05, 3.63) is 11.6 Å². The molecule has 4 unspecified atom stereocenters. The summed E-state index contributed by atoms with van der Waals surface area (Å²) in [5.41, 5.74) is 1.54. The van der Waals surface area contributed by atoms with E-state index in [1.54, 1.807) is 6.92 Å². The van der Waals surface area contributed by atoms with Crippen LogP contribution in [0, 0.1) is 46.8 Å². The van der Waals surface area contributed by atoms with E-state index in [1.807, 2.05) is 6.08 Å². The Labute approximate surface area is 182 Å². The summed E-state index contributed by atoms with van der Waals surface area (Å²) >= 11 is 0. The standard InChI is InChI=1S/C27H40O3/c1-16(28)17-6-8-18(9-7-17)23-15-27(2)24(12-13-25(27)30)22-11-10-19-14-20(29)4-3-5-21(19)26(22)23/h14,17-18,21-26,30H,3-13,15H2,1-2H3/t17?,18?,21?,22?,23-,24?,25+,26?,27+/m1/s1. The zero-order valence-corrected chi connectivity index (χ0v) is 18.9. The molecule has 0 aromatic carbocycles. The minimum atomic E-state index is -0.146. The summed E-state index contributed by atoms with van der Waals surface area (Å²) in [6.07, 6.45) is 15.0. The molecule has 4 fully saturated rings. The van der Waals surface area contributed by atoms with Crippen molar-refractivity contribution < 1.29 is 14.7 Å². The van der Waals surface area contributed by atoms with E-state index in [4.69, 9.17) is 0 Å². The Morgan fingerprint density at radius 2 is 1.77 bits per heavy atom. The lowest BCUT2D eigenvalue weighted by Gasteiger charge is -2.58. The second-order valence-electron chi connectivity index (χ2n) is 11.8. The van der Waals surface area contributed by atoms with Crippen molar-refractivity contribution in [2.24, 2.45) is 46.8 Å². The van der Waals surface area contributed by atoms with Crippen LogP contribution in [-0.2, 0) is 9.59 Å². The van der Waals surface area contributed by atoms with Gasteiger partial charge in [0.25, 0.3) is 0 Å². The molecule has 0 heterocycles. The first kappa shape index (κ1) is 20.9. The quantitative estimate of drug-likeness (QED) is 0.651. The van der Waals surface area contributed by atoms with Crippen LogP contribution in [-0.4, -0.2) is 22.8 Å². The molecule has 3 nitrogen and oxygen atoms in total. The molecule has 0 radical (unpaired) electrons. The monoisotopic (exact) mass is 412 g/mol. The fourth-order valence-electron chi connectivity index (χ4n) is 8.99. The second-order valence-corrected chi connectivity index (χ2v) is 11.8. The number of fused-ring (bicyclic) bond motifs is 5. The number of rotatable bonds is 2. The fourth-order valence-corrected chi connectivity index (χ4v) is 8.99. The number of allylic oxidation sites excluding steroid dienone is 2. The van der Waals surface area contributed by atoms with E-state index >= 15 is 0 Å². The van der Waals surface area contributed by atoms with Gasteiger partial charge in [0, 0.05) is 12.3 Å². The molecule has 5 rings (SSSR count). The van der Waals surface area contributed by atoms with Gasteiger partial charge in [-0.2, -0.15) is 0 Å².